The molecule has 0 amide bonds. The number of ether oxygens (including phenoxy) is 2. The van der Waals surface area contributed by atoms with Gasteiger partial charge in [-0.25, -0.2) is 0 Å². The van der Waals surface area contributed by atoms with E-state index in [0.29, 0.717) is 19.0 Å². The van der Waals surface area contributed by atoms with Crippen molar-refractivity contribution < 1.29 is 9.47 Å². The van der Waals surface area contributed by atoms with E-state index in [9.17, 15) is 0 Å². The molecule has 1 spiro atoms. The number of rotatable bonds is 2. The number of benzene rings is 2. The van der Waals surface area contributed by atoms with Crippen LogP contribution < -0.4 is 20.5 Å². The van der Waals surface area contributed by atoms with Gasteiger partial charge in [-0.05, 0) is 47.9 Å². The van der Waals surface area contributed by atoms with Crippen molar-refractivity contribution in [3.63, 3.8) is 0 Å². The Morgan fingerprint density at radius 2 is 1.85 bits per heavy atom. The van der Waals surface area contributed by atoms with Crippen molar-refractivity contribution in [2.75, 3.05) is 13.2 Å². The summed E-state index contributed by atoms with van der Waals surface area (Å²) in [4.78, 5) is 0. The molecule has 4 nitrogen and oxygen atoms in total. The highest BCUT2D eigenvalue weighted by molar-refractivity contribution is 9.10. The Bertz CT molecular complexity index is 901. The van der Waals surface area contributed by atoms with Crippen molar-refractivity contribution >= 4 is 15.9 Å². The molecule has 26 heavy (non-hydrogen) atoms. The third-order valence-electron chi connectivity index (χ3n) is 4.72. The fourth-order valence-electron chi connectivity index (χ4n) is 3.49. The monoisotopic (exact) mass is 414 g/mol. The Morgan fingerprint density at radius 3 is 2.50 bits per heavy atom. The minimum Gasteiger partial charge on any atom is -0.493 e. The van der Waals surface area contributed by atoms with Gasteiger partial charge in [-0.15, -0.1) is 0 Å². The number of hydrogen-bond acceptors (Lipinski definition) is 4. The van der Waals surface area contributed by atoms with E-state index < -0.39 is 0 Å². The molecule has 2 heterocycles. The summed E-state index contributed by atoms with van der Waals surface area (Å²) in [5.41, 5.74) is 8.02. The SMILES string of the molecule is CC(C)(C)COc1ccc2c(c1)[C@@]1(C=C(N)NC1)c1cc(Br)ccc1O2. The molecule has 1 atom stereocenters. The van der Waals surface area contributed by atoms with Gasteiger partial charge in [0.2, 0.25) is 0 Å². The van der Waals surface area contributed by atoms with E-state index in [-0.39, 0.29) is 10.8 Å². The Balaban J connectivity index is 1.83. The first-order valence-corrected chi connectivity index (χ1v) is 9.54. The van der Waals surface area contributed by atoms with Crippen LogP contribution >= 0.6 is 15.9 Å². The molecule has 2 aromatic rings. The van der Waals surface area contributed by atoms with Crippen molar-refractivity contribution in [3.8, 4) is 17.2 Å². The zero-order valence-electron chi connectivity index (χ0n) is 15.2. The molecule has 2 aliphatic rings. The highest BCUT2D eigenvalue weighted by atomic mass is 79.9. The van der Waals surface area contributed by atoms with Crippen LogP contribution in [0.25, 0.3) is 0 Å². The number of halogens is 1. The maximum Gasteiger partial charge on any atom is 0.132 e. The summed E-state index contributed by atoms with van der Waals surface area (Å²) in [5, 5.41) is 3.28. The van der Waals surface area contributed by atoms with Crippen LogP contribution in [-0.4, -0.2) is 13.2 Å². The molecule has 0 unspecified atom stereocenters. The molecule has 0 saturated carbocycles. The summed E-state index contributed by atoms with van der Waals surface area (Å²) < 4.78 is 13.2. The molecule has 0 bridgehead atoms. The number of fused-ring (bicyclic) bond motifs is 4. The van der Waals surface area contributed by atoms with E-state index in [2.05, 4.69) is 60.2 Å². The second kappa shape index (κ2) is 5.95. The predicted molar refractivity (Wildman–Crippen MR) is 107 cm³/mol. The first-order valence-electron chi connectivity index (χ1n) is 8.74. The fraction of sp³-hybridized carbons (Fsp3) is 0.333. The second-order valence-electron chi connectivity index (χ2n) is 8.17. The minimum atomic E-state index is -0.363. The van der Waals surface area contributed by atoms with Gasteiger partial charge in [0.1, 0.15) is 17.2 Å². The van der Waals surface area contributed by atoms with Crippen LogP contribution in [0.5, 0.6) is 17.2 Å². The molecule has 0 saturated heterocycles. The van der Waals surface area contributed by atoms with E-state index in [1.165, 1.54) is 0 Å². The average Bonchev–Trinajstić information content (AvgIpc) is 2.96. The highest BCUT2D eigenvalue weighted by Gasteiger charge is 2.44. The molecule has 0 aromatic heterocycles. The Hall–Kier alpha value is -2.14. The highest BCUT2D eigenvalue weighted by Crippen LogP contribution is 2.51. The molecular formula is C21H23BrN2O2. The van der Waals surface area contributed by atoms with Crippen LogP contribution in [0.1, 0.15) is 31.9 Å². The molecule has 5 heteroatoms. The third kappa shape index (κ3) is 2.94. The summed E-state index contributed by atoms with van der Waals surface area (Å²) in [7, 11) is 0. The van der Waals surface area contributed by atoms with Gasteiger partial charge in [-0.2, -0.15) is 0 Å². The smallest absolute Gasteiger partial charge is 0.132 e. The predicted octanol–water partition coefficient (Wildman–Crippen LogP) is 4.67. The van der Waals surface area contributed by atoms with Crippen molar-refractivity contribution in [1.29, 1.82) is 0 Å². The Morgan fingerprint density at radius 1 is 1.15 bits per heavy atom. The van der Waals surface area contributed by atoms with E-state index in [4.69, 9.17) is 15.2 Å². The summed E-state index contributed by atoms with van der Waals surface area (Å²) in [5.74, 6) is 3.23. The van der Waals surface area contributed by atoms with Crippen LogP contribution in [0.2, 0.25) is 0 Å². The molecule has 0 fully saturated rings. The zero-order valence-corrected chi connectivity index (χ0v) is 16.8. The van der Waals surface area contributed by atoms with Crippen LogP contribution in [0.3, 0.4) is 0 Å². The van der Waals surface area contributed by atoms with Gasteiger partial charge >= 0.3 is 0 Å². The summed E-state index contributed by atoms with van der Waals surface area (Å²) in [6.07, 6.45) is 2.09. The quantitative estimate of drug-likeness (QED) is 0.749. The molecule has 4 rings (SSSR count). The van der Waals surface area contributed by atoms with Gasteiger partial charge in [0.25, 0.3) is 0 Å². The summed E-state index contributed by atoms with van der Waals surface area (Å²) >= 11 is 3.58. The lowest BCUT2D eigenvalue weighted by atomic mass is 9.73. The molecule has 0 radical (unpaired) electrons. The van der Waals surface area contributed by atoms with Crippen molar-refractivity contribution in [1.82, 2.24) is 5.32 Å². The van der Waals surface area contributed by atoms with Gasteiger partial charge in [-0.1, -0.05) is 36.7 Å². The number of hydrogen-bond donors (Lipinski definition) is 2. The summed E-state index contributed by atoms with van der Waals surface area (Å²) in [6.45, 7) is 7.83. The molecule has 0 aliphatic carbocycles. The topological polar surface area (TPSA) is 56.5 Å². The average molecular weight is 415 g/mol. The fourth-order valence-corrected chi connectivity index (χ4v) is 3.86. The summed E-state index contributed by atoms with van der Waals surface area (Å²) in [6, 6.07) is 12.1. The molecular weight excluding hydrogens is 392 g/mol. The second-order valence-corrected chi connectivity index (χ2v) is 9.09. The van der Waals surface area contributed by atoms with Gasteiger partial charge in [-0.3, -0.25) is 0 Å². The maximum absolute atomic E-state index is 6.18. The lowest BCUT2D eigenvalue weighted by Gasteiger charge is -2.36. The van der Waals surface area contributed by atoms with Gasteiger partial charge in [0.05, 0.1) is 17.8 Å². The van der Waals surface area contributed by atoms with E-state index in [1.807, 2.05) is 24.3 Å². The van der Waals surface area contributed by atoms with Crippen LogP contribution in [0, 0.1) is 5.41 Å². The van der Waals surface area contributed by atoms with Crippen molar-refractivity contribution in [2.24, 2.45) is 11.1 Å². The van der Waals surface area contributed by atoms with E-state index in [0.717, 1.165) is 32.8 Å². The first-order chi connectivity index (χ1) is 12.3. The number of nitrogens with two attached hydrogens (primary N) is 1. The Labute approximate surface area is 162 Å². The largest absolute Gasteiger partial charge is 0.493 e. The normalized spacial score (nSPS) is 20.7. The first kappa shape index (κ1) is 17.3. The van der Waals surface area contributed by atoms with Gasteiger partial charge < -0.3 is 20.5 Å². The van der Waals surface area contributed by atoms with E-state index >= 15 is 0 Å². The van der Waals surface area contributed by atoms with Gasteiger partial charge in [0, 0.05) is 22.1 Å². The van der Waals surface area contributed by atoms with Crippen LogP contribution in [0.15, 0.2) is 52.8 Å². The van der Waals surface area contributed by atoms with Crippen LogP contribution in [-0.2, 0) is 5.41 Å². The molecule has 136 valence electrons. The van der Waals surface area contributed by atoms with Crippen molar-refractivity contribution in [2.45, 2.75) is 26.2 Å². The van der Waals surface area contributed by atoms with E-state index in [1.54, 1.807) is 0 Å². The standard InChI is InChI=1S/C21H23BrN2O2/c1-20(2,3)12-25-14-5-7-18-16(9-14)21(10-19(23)24-11-21)15-8-13(22)4-6-17(15)26-18/h4-10,24H,11-12,23H2,1-3H3/t21-/m1/s1. The molecule has 3 N–H and O–H groups in total. The Kier molecular flexibility index (Phi) is 3.95. The van der Waals surface area contributed by atoms with Crippen molar-refractivity contribution in [3.05, 3.63) is 63.9 Å². The minimum absolute atomic E-state index is 0.0980. The zero-order chi connectivity index (χ0) is 18.5. The molecule has 2 aromatic carbocycles. The number of nitrogens with one attached hydrogen (secondary N) is 1. The molecule has 2 aliphatic heterocycles. The third-order valence-corrected chi connectivity index (χ3v) is 5.21. The lowest BCUT2D eigenvalue weighted by molar-refractivity contribution is 0.197. The van der Waals surface area contributed by atoms with Crippen LogP contribution in [0.4, 0.5) is 0 Å². The lowest BCUT2D eigenvalue weighted by Crippen LogP contribution is -2.34. The maximum atomic E-state index is 6.18. The van der Waals surface area contributed by atoms with Gasteiger partial charge in [0.15, 0.2) is 0 Å².